The van der Waals surface area contributed by atoms with E-state index in [0.717, 1.165) is 11.1 Å². The van der Waals surface area contributed by atoms with Crippen LogP contribution in [0.4, 0.5) is 11.4 Å². The number of carbonyl (C=O) groups excluding carboxylic acids is 2. The number of ether oxygens (including phenoxy) is 1. The zero-order chi connectivity index (χ0) is 28.7. The fraction of sp³-hybridized carbons (Fsp3) is 0.111. The number of hydrogen-bond donors (Lipinski definition) is 0. The van der Waals surface area contributed by atoms with Crippen LogP contribution in [0.1, 0.15) is 33.9 Å². The van der Waals surface area contributed by atoms with Crippen LogP contribution in [0.3, 0.4) is 0 Å². The standard InChI is InChI=1S/C36H27ClN2O3/c37-28-22-20-25(21-23-28)32-24-36(27-14-6-2-7-15-27)33(42-29-16-8-3-9-17-29)35(41)39(36)31-19-11-10-18-30(31)38(32)34(40)26-12-4-1-5-13-26/h1-23,32-33H,24H2/t32-,33-,36+/m1/s1. The van der Waals surface area contributed by atoms with E-state index in [1.165, 1.54) is 0 Å². The first-order valence-corrected chi connectivity index (χ1v) is 14.3. The van der Waals surface area contributed by atoms with Gasteiger partial charge in [-0.15, -0.1) is 0 Å². The molecule has 5 nitrogen and oxygen atoms in total. The first-order chi connectivity index (χ1) is 20.6. The summed E-state index contributed by atoms with van der Waals surface area (Å²) < 4.78 is 6.53. The summed E-state index contributed by atoms with van der Waals surface area (Å²) in [5, 5.41) is 0.609. The Morgan fingerprint density at radius 2 is 1.29 bits per heavy atom. The zero-order valence-corrected chi connectivity index (χ0v) is 23.4. The van der Waals surface area contributed by atoms with Gasteiger partial charge in [0.05, 0.1) is 17.4 Å². The van der Waals surface area contributed by atoms with Gasteiger partial charge in [-0.3, -0.25) is 19.4 Å². The molecular weight excluding hydrogens is 544 g/mol. The normalized spacial score (nSPS) is 21.0. The van der Waals surface area contributed by atoms with Crippen LogP contribution >= 0.6 is 11.6 Å². The lowest BCUT2D eigenvalue weighted by atomic mass is 9.70. The fourth-order valence-electron chi connectivity index (χ4n) is 6.34. The molecule has 0 unspecified atom stereocenters. The second-order valence-corrected chi connectivity index (χ2v) is 11.0. The lowest BCUT2D eigenvalue weighted by Gasteiger charge is -2.56. The van der Waals surface area contributed by atoms with Crippen molar-refractivity contribution in [3.63, 3.8) is 0 Å². The van der Waals surface area contributed by atoms with Crippen molar-refractivity contribution in [2.75, 3.05) is 9.80 Å². The fourth-order valence-corrected chi connectivity index (χ4v) is 6.47. The average molecular weight is 571 g/mol. The molecule has 0 aliphatic carbocycles. The van der Waals surface area contributed by atoms with E-state index in [2.05, 4.69) is 0 Å². The number of benzene rings is 5. The monoisotopic (exact) mass is 570 g/mol. The van der Waals surface area contributed by atoms with E-state index in [-0.39, 0.29) is 11.8 Å². The van der Waals surface area contributed by atoms with Crippen molar-refractivity contribution in [3.05, 3.63) is 161 Å². The summed E-state index contributed by atoms with van der Waals surface area (Å²) >= 11 is 6.32. The molecule has 0 N–H and O–H groups in total. The molecule has 2 amide bonds. The topological polar surface area (TPSA) is 49.9 Å². The first kappa shape index (κ1) is 26.1. The summed E-state index contributed by atoms with van der Waals surface area (Å²) in [5.41, 5.74) is 2.84. The van der Waals surface area contributed by atoms with Crippen LogP contribution in [0.5, 0.6) is 5.75 Å². The van der Waals surface area contributed by atoms with Crippen molar-refractivity contribution >= 4 is 34.8 Å². The van der Waals surface area contributed by atoms with Crippen LogP contribution in [0.2, 0.25) is 5.02 Å². The molecule has 7 rings (SSSR count). The highest BCUT2D eigenvalue weighted by Gasteiger charge is 2.66. The summed E-state index contributed by atoms with van der Waals surface area (Å²) in [7, 11) is 0. The van der Waals surface area contributed by atoms with Gasteiger partial charge < -0.3 is 4.74 Å². The van der Waals surface area contributed by atoms with Crippen molar-refractivity contribution in [1.29, 1.82) is 0 Å². The number of hydrogen-bond acceptors (Lipinski definition) is 3. The molecule has 3 atom stereocenters. The molecule has 0 bridgehead atoms. The molecule has 0 spiro atoms. The van der Waals surface area contributed by atoms with Gasteiger partial charge in [-0.2, -0.15) is 0 Å². The summed E-state index contributed by atoms with van der Waals surface area (Å²) in [6.07, 6.45) is -0.410. The van der Waals surface area contributed by atoms with Gasteiger partial charge in [0.2, 0.25) is 6.10 Å². The molecule has 2 aliphatic rings. The smallest absolute Gasteiger partial charge is 0.271 e. The Morgan fingerprint density at radius 3 is 1.95 bits per heavy atom. The highest BCUT2D eigenvalue weighted by Crippen LogP contribution is 2.57. The highest BCUT2D eigenvalue weighted by atomic mass is 35.5. The number of para-hydroxylation sites is 3. The van der Waals surface area contributed by atoms with Crippen molar-refractivity contribution < 1.29 is 14.3 Å². The predicted octanol–water partition coefficient (Wildman–Crippen LogP) is 7.82. The minimum atomic E-state index is -0.902. The largest absolute Gasteiger partial charge is 0.478 e. The van der Waals surface area contributed by atoms with E-state index < -0.39 is 17.7 Å². The van der Waals surface area contributed by atoms with Crippen molar-refractivity contribution in [3.8, 4) is 5.75 Å². The number of β-lactam (4-membered cyclic amide) rings is 1. The van der Waals surface area contributed by atoms with Gasteiger partial charge in [0.25, 0.3) is 11.8 Å². The Balaban J connectivity index is 1.48. The number of carbonyl (C=O) groups is 2. The molecule has 5 aromatic carbocycles. The van der Waals surface area contributed by atoms with E-state index in [4.69, 9.17) is 16.3 Å². The molecule has 0 aromatic heterocycles. The van der Waals surface area contributed by atoms with Crippen molar-refractivity contribution in [2.24, 2.45) is 0 Å². The van der Waals surface area contributed by atoms with Gasteiger partial charge in [-0.05, 0) is 59.7 Å². The van der Waals surface area contributed by atoms with E-state index >= 15 is 0 Å². The molecular formula is C36H27ClN2O3. The van der Waals surface area contributed by atoms with Gasteiger partial charge in [-0.25, -0.2) is 0 Å². The van der Waals surface area contributed by atoms with E-state index in [1.54, 1.807) is 0 Å². The minimum Gasteiger partial charge on any atom is -0.478 e. The second-order valence-electron chi connectivity index (χ2n) is 10.6. The van der Waals surface area contributed by atoms with Crippen LogP contribution < -0.4 is 14.5 Å². The zero-order valence-electron chi connectivity index (χ0n) is 22.6. The maximum atomic E-state index is 14.5. The molecule has 0 saturated carbocycles. The van der Waals surface area contributed by atoms with E-state index in [9.17, 15) is 9.59 Å². The third kappa shape index (κ3) is 4.16. The summed E-state index contributed by atoms with van der Waals surface area (Å²) in [6.45, 7) is 0. The number of fused-ring (bicyclic) bond motifs is 3. The van der Waals surface area contributed by atoms with Gasteiger partial charge in [0.1, 0.15) is 11.3 Å². The lowest BCUT2D eigenvalue weighted by Crippen LogP contribution is -2.74. The molecule has 2 heterocycles. The Bertz CT molecular complexity index is 1750. The molecule has 42 heavy (non-hydrogen) atoms. The third-order valence-electron chi connectivity index (χ3n) is 8.24. The van der Waals surface area contributed by atoms with Gasteiger partial charge in [0, 0.05) is 17.0 Å². The summed E-state index contributed by atoms with van der Waals surface area (Å²) in [4.78, 5) is 32.3. The number of halogens is 1. The van der Waals surface area contributed by atoms with Crippen LogP contribution in [-0.4, -0.2) is 17.9 Å². The summed E-state index contributed by atoms with van der Waals surface area (Å²) in [5.74, 6) is 0.310. The third-order valence-corrected chi connectivity index (χ3v) is 8.49. The Hall–Kier alpha value is -4.87. The molecule has 206 valence electrons. The number of nitrogens with zero attached hydrogens (tertiary/aromatic N) is 2. The SMILES string of the molecule is O=C(c1ccccc1)N1c2ccccc2N2C(=O)[C@@H](Oc3ccccc3)[C@@]2(c2ccccc2)C[C@@H]1c1ccc(Cl)cc1. The predicted molar refractivity (Wildman–Crippen MR) is 165 cm³/mol. The Labute approximate surface area is 249 Å². The van der Waals surface area contributed by atoms with Gasteiger partial charge in [-0.1, -0.05) is 103 Å². The maximum Gasteiger partial charge on any atom is 0.271 e. The second kappa shape index (κ2) is 10.5. The van der Waals surface area contributed by atoms with Crippen molar-refractivity contribution in [2.45, 2.75) is 24.1 Å². The van der Waals surface area contributed by atoms with Crippen LogP contribution in [0.25, 0.3) is 0 Å². The van der Waals surface area contributed by atoms with Crippen LogP contribution in [0, 0.1) is 0 Å². The molecule has 1 saturated heterocycles. The molecule has 0 radical (unpaired) electrons. The van der Waals surface area contributed by atoms with Crippen LogP contribution in [0.15, 0.2) is 140 Å². The molecule has 5 aromatic rings. The summed E-state index contributed by atoms with van der Waals surface area (Å²) in [6, 6.07) is 43.5. The number of amides is 2. The first-order valence-electron chi connectivity index (χ1n) is 13.9. The maximum absolute atomic E-state index is 14.5. The quantitative estimate of drug-likeness (QED) is 0.202. The molecule has 1 fully saturated rings. The van der Waals surface area contributed by atoms with Crippen molar-refractivity contribution in [1.82, 2.24) is 0 Å². The lowest BCUT2D eigenvalue weighted by molar-refractivity contribution is -0.142. The number of anilines is 2. The van der Waals surface area contributed by atoms with Crippen LogP contribution in [-0.2, 0) is 10.3 Å². The molecule has 2 aliphatic heterocycles. The van der Waals surface area contributed by atoms with E-state index in [1.807, 2.05) is 149 Å². The highest BCUT2D eigenvalue weighted by molar-refractivity contribution is 6.30. The Morgan fingerprint density at radius 1 is 0.714 bits per heavy atom. The number of rotatable bonds is 5. The average Bonchev–Trinajstić information content (AvgIpc) is 3.16. The molecule has 6 heteroatoms. The van der Waals surface area contributed by atoms with Gasteiger partial charge >= 0.3 is 0 Å². The minimum absolute atomic E-state index is 0.151. The van der Waals surface area contributed by atoms with Gasteiger partial charge in [0.15, 0.2) is 0 Å². The Kier molecular flexibility index (Phi) is 6.52. The van der Waals surface area contributed by atoms with E-state index in [0.29, 0.717) is 34.1 Å².